The number of carbonyl (C=O) groups excluding carboxylic acids is 4. The Morgan fingerprint density at radius 1 is 1.24 bits per heavy atom. The Kier molecular flexibility index (Phi) is 8.46. The SMILES string of the molecule is CC1CC1.O=C(CNC(=O)c1cc2cccc(Cl)c2[nH]1)N[C@@H](CC1CCNC1=O)C(=O)CO. The number of carbonyl (C=O) groups is 4. The first kappa shape index (κ1) is 24.7. The van der Waals surface area contributed by atoms with E-state index in [1.165, 1.54) is 12.8 Å². The molecule has 0 bridgehead atoms. The van der Waals surface area contributed by atoms with E-state index >= 15 is 0 Å². The summed E-state index contributed by atoms with van der Waals surface area (Å²) in [7, 11) is 0. The average molecular weight is 477 g/mol. The van der Waals surface area contributed by atoms with Crippen LogP contribution in [0.25, 0.3) is 10.9 Å². The minimum Gasteiger partial charge on any atom is -0.389 e. The van der Waals surface area contributed by atoms with Gasteiger partial charge in [-0.15, -0.1) is 0 Å². The maximum absolute atomic E-state index is 12.3. The first-order valence-corrected chi connectivity index (χ1v) is 11.4. The third-order valence-electron chi connectivity index (χ3n) is 5.69. The fourth-order valence-corrected chi connectivity index (χ4v) is 3.67. The number of aromatic nitrogens is 1. The van der Waals surface area contributed by atoms with Gasteiger partial charge in [-0.3, -0.25) is 19.2 Å². The second-order valence-electron chi connectivity index (χ2n) is 8.51. The molecule has 1 saturated carbocycles. The predicted molar refractivity (Wildman–Crippen MR) is 124 cm³/mol. The third kappa shape index (κ3) is 7.03. The van der Waals surface area contributed by atoms with Crippen LogP contribution in [0, 0.1) is 11.8 Å². The smallest absolute Gasteiger partial charge is 0.268 e. The number of H-pyrrole nitrogens is 1. The highest BCUT2D eigenvalue weighted by atomic mass is 35.5. The lowest BCUT2D eigenvalue weighted by Gasteiger charge is -2.19. The number of hydrogen-bond donors (Lipinski definition) is 5. The van der Waals surface area contributed by atoms with Crippen molar-refractivity contribution >= 4 is 46.0 Å². The van der Waals surface area contributed by atoms with Gasteiger partial charge < -0.3 is 26.0 Å². The van der Waals surface area contributed by atoms with E-state index in [0.717, 1.165) is 11.3 Å². The first-order chi connectivity index (χ1) is 15.8. The normalized spacial score (nSPS) is 18.2. The molecule has 2 atom stereocenters. The maximum atomic E-state index is 12.3. The van der Waals surface area contributed by atoms with E-state index < -0.39 is 36.2 Å². The number of nitrogens with one attached hydrogen (secondary N) is 4. The molecule has 9 nitrogen and oxygen atoms in total. The lowest BCUT2D eigenvalue weighted by atomic mass is 9.96. The number of benzene rings is 1. The molecule has 0 radical (unpaired) electrons. The van der Waals surface area contributed by atoms with Crippen LogP contribution in [0.4, 0.5) is 0 Å². The molecule has 1 aliphatic carbocycles. The summed E-state index contributed by atoms with van der Waals surface area (Å²) >= 11 is 6.08. The van der Waals surface area contributed by atoms with Crippen LogP contribution in [0.1, 0.15) is 43.1 Å². The number of aliphatic hydroxyl groups excluding tert-OH is 1. The summed E-state index contributed by atoms with van der Waals surface area (Å²) in [5, 5.41) is 18.0. The van der Waals surface area contributed by atoms with Crippen molar-refractivity contribution in [1.29, 1.82) is 0 Å². The summed E-state index contributed by atoms with van der Waals surface area (Å²) in [4.78, 5) is 51.0. The van der Waals surface area contributed by atoms with Crippen molar-refractivity contribution in [3.8, 4) is 0 Å². The van der Waals surface area contributed by atoms with Gasteiger partial charge in [-0.2, -0.15) is 0 Å². The lowest BCUT2D eigenvalue weighted by molar-refractivity contribution is -0.130. The van der Waals surface area contributed by atoms with Gasteiger partial charge in [0.15, 0.2) is 5.78 Å². The van der Waals surface area contributed by atoms with Crippen molar-refractivity contribution in [2.24, 2.45) is 11.8 Å². The van der Waals surface area contributed by atoms with Gasteiger partial charge in [0.1, 0.15) is 12.3 Å². The molecule has 10 heteroatoms. The molecule has 5 N–H and O–H groups in total. The van der Waals surface area contributed by atoms with Crippen LogP contribution in [0.5, 0.6) is 0 Å². The zero-order valence-corrected chi connectivity index (χ0v) is 19.2. The van der Waals surface area contributed by atoms with Gasteiger partial charge in [-0.25, -0.2) is 0 Å². The zero-order chi connectivity index (χ0) is 24.0. The molecule has 1 unspecified atom stereocenters. The lowest BCUT2D eigenvalue weighted by Crippen LogP contribution is -2.47. The highest BCUT2D eigenvalue weighted by molar-refractivity contribution is 6.35. The Hall–Kier alpha value is -2.91. The maximum Gasteiger partial charge on any atom is 0.268 e. The van der Waals surface area contributed by atoms with E-state index in [1.807, 2.05) is 0 Å². The number of hydrogen-bond acceptors (Lipinski definition) is 5. The molecular weight excluding hydrogens is 448 g/mol. The van der Waals surface area contributed by atoms with Crippen LogP contribution in [-0.2, 0) is 14.4 Å². The van der Waals surface area contributed by atoms with E-state index in [-0.39, 0.29) is 24.6 Å². The van der Waals surface area contributed by atoms with Crippen molar-refractivity contribution in [2.75, 3.05) is 19.7 Å². The second kappa shape index (κ2) is 11.3. The van der Waals surface area contributed by atoms with Crippen molar-refractivity contribution in [1.82, 2.24) is 20.9 Å². The van der Waals surface area contributed by atoms with Crippen molar-refractivity contribution < 1.29 is 24.3 Å². The summed E-state index contributed by atoms with van der Waals surface area (Å²) in [6.45, 7) is 1.68. The van der Waals surface area contributed by atoms with Crippen LogP contribution < -0.4 is 16.0 Å². The van der Waals surface area contributed by atoms with Crippen LogP contribution in [0.15, 0.2) is 24.3 Å². The number of fused-ring (bicyclic) bond motifs is 1. The highest BCUT2D eigenvalue weighted by Crippen LogP contribution is 2.26. The van der Waals surface area contributed by atoms with Crippen LogP contribution in [-0.4, -0.2) is 59.3 Å². The minimum atomic E-state index is -0.995. The number of aliphatic hydroxyl groups is 1. The van der Waals surface area contributed by atoms with Crippen LogP contribution in [0.3, 0.4) is 0 Å². The number of halogens is 1. The molecule has 4 rings (SSSR count). The second-order valence-corrected chi connectivity index (χ2v) is 8.92. The third-order valence-corrected chi connectivity index (χ3v) is 6.00. The number of ketones is 1. The summed E-state index contributed by atoms with van der Waals surface area (Å²) in [6.07, 6.45) is 3.63. The van der Waals surface area contributed by atoms with Crippen molar-refractivity contribution in [3.63, 3.8) is 0 Å². The Morgan fingerprint density at radius 2 is 1.97 bits per heavy atom. The predicted octanol–water partition coefficient (Wildman–Crippen LogP) is 1.54. The molecule has 1 saturated heterocycles. The minimum absolute atomic E-state index is 0.103. The molecule has 178 valence electrons. The van der Waals surface area contributed by atoms with E-state index in [2.05, 4.69) is 27.9 Å². The number of Topliss-reactive ketones (excluding diaryl/α,β-unsaturated/α-hetero) is 1. The van der Waals surface area contributed by atoms with Gasteiger partial charge in [0.05, 0.1) is 23.1 Å². The van der Waals surface area contributed by atoms with Gasteiger partial charge in [-0.05, 0) is 30.9 Å². The van der Waals surface area contributed by atoms with Gasteiger partial charge in [0.25, 0.3) is 5.91 Å². The van der Waals surface area contributed by atoms with E-state index in [4.69, 9.17) is 16.7 Å². The molecule has 1 aliphatic heterocycles. The van der Waals surface area contributed by atoms with E-state index in [9.17, 15) is 19.2 Å². The van der Waals surface area contributed by atoms with E-state index in [0.29, 0.717) is 23.5 Å². The van der Waals surface area contributed by atoms with Gasteiger partial charge >= 0.3 is 0 Å². The fraction of sp³-hybridized carbons (Fsp3) is 0.478. The topological polar surface area (TPSA) is 140 Å². The van der Waals surface area contributed by atoms with E-state index in [1.54, 1.807) is 24.3 Å². The van der Waals surface area contributed by atoms with Gasteiger partial charge in [0.2, 0.25) is 11.8 Å². The summed E-state index contributed by atoms with van der Waals surface area (Å²) in [5.74, 6) is -1.19. The average Bonchev–Trinajstić information content (AvgIpc) is 3.28. The largest absolute Gasteiger partial charge is 0.389 e. The zero-order valence-electron chi connectivity index (χ0n) is 18.4. The molecule has 2 aliphatic rings. The number of para-hydroxylation sites is 1. The molecule has 33 heavy (non-hydrogen) atoms. The monoisotopic (exact) mass is 476 g/mol. The molecule has 3 amide bonds. The molecule has 2 fully saturated rings. The summed E-state index contributed by atoms with van der Waals surface area (Å²) < 4.78 is 0. The Labute approximate surface area is 196 Å². The number of amides is 3. The number of rotatable bonds is 8. The summed E-state index contributed by atoms with van der Waals surface area (Å²) in [5.41, 5.74) is 0.860. The van der Waals surface area contributed by atoms with Crippen LogP contribution in [0.2, 0.25) is 5.02 Å². The molecule has 0 spiro atoms. The van der Waals surface area contributed by atoms with Crippen LogP contribution >= 0.6 is 11.6 Å². The molecular formula is C23H29ClN4O5. The summed E-state index contributed by atoms with van der Waals surface area (Å²) in [6, 6.07) is 5.87. The highest BCUT2D eigenvalue weighted by Gasteiger charge is 2.31. The van der Waals surface area contributed by atoms with Gasteiger partial charge in [0, 0.05) is 17.8 Å². The quantitative estimate of drug-likeness (QED) is 0.393. The fourth-order valence-electron chi connectivity index (χ4n) is 3.44. The molecule has 2 aromatic rings. The Balaban J connectivity index is 0.000000690. The Bertz CT molecular complexity index is 1030. The molecule has 1 aromatic carbocycles. The van der Waals surface area contributed by atoms with Crippen molar-refractivity contribution in [3.05, 3.63) is 35.0 Å². The standard InChI is InChI=1S/C19H21ClN4O5.C4H8/c20-12-3-1-2-10-6-14(24-17(10)12)19(29)22-8-16(27)23-13(15(26)9-25)7-11-4-5-21-18(11)28;1-4-2-3-4/h1-3,6,11,13,24-25H,4-5,7-9H2,(H,21,28)(H,22,29)(H,23,27);4H,2-3H2,1H3/t11?,13-;/m0./s1. The first-order valence-electron chi connectivity index (χ1n) is 11.0. The Morgan fingerprint density at radius 3 is 2.55 bits per heavy atom. The van der Waals surface area contributed by atoms with Crippen molar-refractivity contribution in [2.45, 2.75) is 38.6 Å². The number of aromatic amines is 1. The molecule has 1 aromatic heterocycles. The van der Waals surface area contributed by atoms with Gasteiger partial charge in [-0.1, -0.05) is 43.5 Å². The molecule has 2 heterocycles.